The summed E-state index contributed by atoms with van der Waals surface area (Å²) in [5.41, 5.74) is 0. The van der Waals surface area contributed by atoms with Crippen LogP contribution in [0.4, 0.5) is 0 Å². The highest BCUT2D eigenvalue weighted by Crippen LogP contribution is 2.16. The standard InChI is InChI=1S/C48H93NO5/c1-3-5-7-9-11-13-15-16-17-18-19-21-26-30-34-38-42-48(53)54-43-39-35-31-27-23-22-25-29-33-37-41-47(52)49-45(44-50)46(51)40-36-32-28-24-20-14-12-10-8-6-4-2/h36,40,45-46,50-51H,3-35,37-39,41-44H2,1-2H3,(H,49,52)/b40-36+. The molecule has 0 aromatic heterocycles. The molecule has 0 aliphatic rings. The molecule has 6 nitrogen and oxygen atoms in total. The van der Waals surface area contributed by atoms with Crippen molar-refractivity contribution in [2.24, 2.45) is 0 Å². The minimum atomic E-state index is -0.856. The minimum absolute atomic E-state index is 0.0179. The molecule has 2 unspecified atom stereocenters. The number of esters is 1. The first-order valence-electron chi connectivity index (χ1n) is 24.0. The fourth-order valence-electron chi connectivity index (χ4n) is 7.34. The Morgan fingerprint density at radius 1 is 0.500 bits per heavy atom. The van der Waals surface area contributed by atoms with Gasteiger partial charge in [-0.2, -0.15) is 0 Å². The predicted octanol–water partition coefficient (Wildman–Crippen LogP) is 13.8. The Kier molecular flexibility index (Phi) is 43.2. The Balaban J connectivity index is 3.47. The number of hydrogen-bond acceptors (Lipinski definition) is 5. The summed E-state index contributed by atoms with van der Waals surface area (Å²) < 4.78 is 5.45. The molecule has 0 spiro atoms. The maximum atomic E-state index is 12.4. The van der Waals surface area contributed by atoms with Crippen LogP contribution in [0.5, 0.6) is 0 Å². The van der Waals surface area contributed by atoms with Gasteiger partial charge in [0.05, 0.1) is 25.4 Å². The van der Waals surface area contributed by atoms with E-state index in [1.54, 1.807) is 6.08 Å². The SMILES string of the molecule is CCCCCCCCCCC/C=C/C(O)C(CO)NC(=O)CCCCCCCCCCCCOC(=O)CCCCCCCCCCCCCCCCCC. The lowest BCUT2D eigenvalue weighted by Crippen LogP contribution is -2.45. The van der Waals surface area contributed by atoms with E-state index in [1.807, 2.05) is 6.08 Å². The summed E-state index contributed by atoms with van der Waals surface area (Å²) in [7, 11) is 0. The van der Waals surface area contributed by atoms with Gasteiger partial charge in [-0.25, -0.2) is 0 Å². The van der Waals surface area contributed by atoms with Crippen LogP contribution in [-0.4, -0.2) is 47.4 Å². The van der Waals surface area contributed by atoms with E-state index in [-0.39, 0.29) is 18.5 Å². The first kappa shape index (κ1) is 52.6. The predicted molar refractivity (Wildman–Crippen MR) is 232 cm³/mol. The summed E-state index contributed by atoms with van der Waals surface area (Å²) in [6, 6.07) is -0.641. The van der Waals surface area contributed by atoms with E-state index in [9.17, 15) is 19.8 Å². The summed E-state index contributed by atoms with van der Waals surface area (Å²) in [6.07, 6.45) is 49.1. The third-order valence-electron chi connectivity index (χ3n) is 11.1. The van der Waals surface area contributed by atoms with Gasteiger partial charge >= 0.3 is 5.97 Å². The second-order valence-electron chi connectivity index (χ2n) is 16.5. The molecule has 0 aromatic carbocycles. The van der Waals surface area contributed by atoms with E-state index in [2.05, 4.69) is 19.2 Å². The third-order valence-corrected chi connectivity index (χ3v) is 11.1. The molecule has 0 aromatic rings. The topological polar surface area (TPSA) is 95.9 Å². The number of allylic oxidation sites excluding steroid dienone is 1. The molecule has 3 N–H and O–H groups in total. The number of amides is 1. The molecule has 0 fully saturated rings. The number of rotatable bonds is 44. The minimum Gasteiger partial charge on any atom is -0.466 e. The van der Waals surface area contributed by atoms with Crippen molar-refractivity contribution in [1.82, 2.24) is 5.32 Å². The second kappa shape index (κ2) is 44.3. The smallest absolute Gasteiger partial charge is 0.305 e. The fraction of sp³-hybridized carbons (Fsp3) is 0.917. The Morgan fingerprint density at radius 2 is 0.852 bits per heavy atom. The summed E-state index contributed by atoms with van der Waals surface area (Å²) >= 11 is 0. The Hall–Kier alpha value is -1.40. The molecule has 6 heteroatoms. The number of carbonyl (C=O) groups is 2. The first-order chi connectivity index (χ1) is 26.5. The van der Waals surface area contributed by atoms with E-state index in [1.165, 1.54) is 173 Å². The van der Waals surface area contributed by atoms with Crippen molar-refractivity contribution in [2.45, 2.75) is 270 Å². The molecule has 0 saturated carbocycles. The van der Waals surface area contributed by atoms with Crippen LogP contribution >= 0.6 is 0 Å². The lowest BCUT2D eigenvalue weighted by molar-refractivity contribution is -0.143. The van der Waals surface area contributed by atoms with Gasteiger partial charge in [0.1, 0.15) is 0 Å². The summed E-state index contributed by atoms with van der Waals surface area (Å²) in [6.45, 7) is 4.84. The van der Waals surface area contributed by atoms with Gasteiger partial charge in [-0.1, -0.05) is 225 Å². The van der Waals surface area contributed by atoms with E-state index < -0.39 is 12.1 Å². The molecule has 1 amide bonds. The molecular weight excluding hydrogens is 671 g/mol. The average Bonchev–Trinajstić information content (AvgIpc) is 3.17. The van der Waals surface area contributed by atoms with Crippen LogP contribution < -0.4 is 5.32 Å². The zero-order valence-electron chi connectivity index (χ0n) is 36.2. The molecule has 0 aliphatic carbocycles. The second-order valence-corrected chi connectivity index (χ2v) is 16.5. The van der Waals surface area contributed by atoms with E-state index in [4.69, 9.17) is 4.74 Å². The van der Waals surface area contributed by atoms with Gasteiger partial charge in [-0.05, 0) is 32.1 Å². The maximum absolute atomic E-state index is 12.4. The van der Waals surface area contributed by atoms with Crippen LogP contribution in [0.15, 0.2) is 12.2 Å². The molecule has 0 rings (SSSR count). The van der Waals surface area contributed by atoms with Crippen LogP contribution in [0.3, 0.4) is 0 Å². The van der Waals surface area contributed by atoms with Gasteiger partial charge < -0.3 is 20.3 Å². The van der Waals surface area contributed by atoms with Crippen LogP contribution in [0, 0.1) is 0 Å². The van der Waals surface area contributed by atoms with E-state index >= 15 is 0 Å². The van der Waals surface area contributed by atoms with Crippen molar-refractivity contribution in [3.63, 3.8) is 0 Å². The van der Waals surface area contributed by atoms with Gasteiger partial charge in [0.2, 0.25) is 5.91 Å². The number of carbonyl (C=O) groups excluding carboxylic acids is 2. The fourth-order valence-corrected chi connectivity index (χ4v) is 7.34. The Labute approximate surface area is 336 Å². The van der Waals surface area contributed by atoms with Gasteiger partial charge in [-0.15, -0.1) is 0 Å². The summed E-state index contributed by atoms with van der Waals surface area (Å²) in [5.74, 6) is -0.109. The highest BCUT2D eigenvalue weighted by Gasteiger charge is 2.18. The van der Waals surface area contributed by atoms with Gasteiger partial charge in [-0.3, -0.25) is 9.59 Å². The third kappa shape index (κ3) is 40.3. The number of unbranched alkanes of at least 4 members (excludes halogenated alkanes) is 33. The molecule has 0 bridgehead atoms. The van der Waals surface area contributed by atoms with Crippen LogP contribution in [0.1, 0.15) is 258 Å². The van der Waals surface area contributed by atoms with Gasteiger partial charge in [0.15, 0.2) is 0 Å². The summed E-state index contributed by atoms with van der Waals surface area (Å²) in [4.78, 5) is 24.4. The lowest BCUT2D eigenvalue weighted by Gasteiger charge is -2.20. The number of hydrogen-bond donors (Lipinski definition) is 3. The lowest BCUT2D eigenvalue weighted by atomic mass is 10.0. The van der Waals surface area contributed by atoms with Crippen molar-refractivity contribution in [3.05, 3.63) is 12.2 Å². The molecule has 0 saturated heterocycles. The van der Waals surface area contributed by atoms with Crippen molar-refractivity contribution in [3.8, 4) is 0 Å². The van der Waals surface area contributed by atoms with E-state index in [0.29, 0.717) is 19.4 Å². The highest BCUT2D eigenvalue weighted by molar-refractivity contribution is 5.76. The quantitative estimate of drug-likeness (QED) is 0.0326. The molecule has 320 valence electrons. The van der Waals surface area contributed by atoms with Crippen molar-refractivity contribution in [1.29, 1.82) is 0 Å². The summed E-state index contributed by atoms with van der Waals surface area (Å²) in [5, 5.41) is 22.9. The number of nitrogens with one attached hydrogen (secondary N) is 1. The molecule has 0 aliphatic heterocycles. The Morgan fingerprint density at radius 3 is 1.26 bits per heavy atom. The number of aliphatic hydroxyl groups excluding tert-OH is 2. The zero-order chi connectivity index (χ0) is 39.4. The van der Waals surface area contributed by atoms with Gasteiger partial charge in [0, 0.05) is 12.8 Å². The van der Waals surface area contributed by atoms with Crippen LogP contribution in [0.2, 0.25) is 0 Å². The van der Waals surface area contributed by atoms with Crippen LogP contribution in [-0.2, 0) is 14.3 Å². The largest absolute Gasteiger partial charge is 0.466 e. The maximum Gasteiger partial charge on any atom is 0.305 e. The Bertz CT molecular complexity index is 802. The molecule has 2 atom stereocenters. The molecule has 54 heavy (non-hydrogen) atoms. The van der Waals surface area contributed by atoms with Crippen LogP contribution in [0.25, 0.3) is 0 Å². The monoisotopic (exact) mass is 764 g/mol. The zero-order valence-corrected chi connectivity index (χ0v) is 36.2. The first-order valence-corrected chi connectivity index (χ1v) is 24.0. The van der Waals surface area contributed by atoms with Gasteiger partial charge in [0.25, 0.3) is 0 Å². The van der Waals surface area contributed by atoms with Crippen molar-refractivity contribution < 1.29 is 24.5 Å². The normalized spacial score (nSPS) is 12.7. The van der Waals surface area contributed by atoms with E-state index in [0.717, 1.165) is 57.8 Å². The van der Waals surface area contributed by atoms with Crippen molar-refractivity contribution in [2.75, 3.05) is 13.2 Å². The number of aliphatic hydroxyl groups is 2. The number of ether oxygens (including phenoxy) is 1. The van der Waals surface area contributed by atoms with Crippen molar-refractivity contribution >= 4 is 11.9 Å². The molecule has 0 heterocycles. The highest BCUT2D eigenvalue weighted by atomic mass is 16.5. The molecule has 0 radical (unpaired) electrons. The molecular formula is C48H93NO5. The average molecular weight is 764 g/mol.